The van der Waals surface area contributed by atoms with Crippen LogP contribution in [0, 0.1) is 0 Å². The van der Waals surface area contributed by atoms with Gasteiger partial charge in [0.15, 0.2) is 0 Å². The largest absolute Gasteiger partial charge is 0.494 e. The van der Waals surface area contributed by atoms with Crippen LogP contribution >= 0.6 is 0 Å². The molecule has 0 aromatic heterocycles. The quantitative estimate of drug-likeness (QED) is 0.743. The molecule has 4 nitrogen and oxygen atoms in total. The summed E-state index contributed by atoms with van der Waals surface area (Å²) in [6, 6.07) is 7.40. The Morgan fingerprint density at radius 1 is 1.25 bits per heavy atom. The van der Waals surface area contributed by atoms with Crippen molar-refractivity contribution >= 4 is 5.97 Å². The Labute approximate surface area is 121 Å². The topological polar surface area (TPSA) is 47.6 Å². The van der Waals surface area contributed by atoms with Crippen molar-refractivity contribution < 1.29 is 14.3 Å². The van der Waals surface area contributed by atoms with Gasteiger partial charge in [-0.15, -0.1) is 0 Å². The highest BCUT2D eigenvalue weighted by Crippen LogP contribution is 2.20. The molecule has 0 bridgehead atoms. The summed E-state index contributed by atoms with van der Waals surface area (Å²) in [5, 5.41) is 3.28. The van der Waals surface area contributed by atoms with E-state index in [0.717, 1.165) is 24.2 Å². The fourth-order valence-corrected chi connectivity index (χ4v) is 1.80. The van der Waals surface area contributed by atoms with E-state index in [1.807, 2.05) is 24.3 Å². The first-order valence-electron chi connectivity index (χ1n) is 7.19. The molecule has 4 heteroatoms. The van der Waals surface area contributed by atoms with E-state index in [-0.39, 0.29) is 12.0 Å². The molecule has 0 spiro atoms. The van der Waals surface area contributed by atoms with Gasteiger partial charge in [-0.25, -0.2) is 4.79 Å². The van der Waals surface area contributed by atoms with Gasteiger partial charge in [-0.05, 0) is 37.5 Å². The van der Waals surface area contributed by atoms with Crippen LogP contribution < -0.4 is 10.1 Å². The molecule has 112 valence electrons. The summed E-state index contributed by atoms with van der Waals surface area (Å²) in [7, 11) is 1.41. The van der Waals surface area contributed by atoms with Crippen molar-refractivity contribution in [1.82, 2.24) is 5.32 Å². The average Bonchev–Trinajstić information content (AvgIpc) is 2.50. The summed E-state index contributed by atoms with van der Waals surface area (Å²) in [4.78, 5) is 11.9. The van der Waals surface area contributed by atoms with Gasteiger partial charge in [-0.3, -0.25) is 5.32 Å². The van der Waals surface area contributed by atoms with Crippen molar-refractivity contribution in [2.75, 3.05) is 13.7 Å². The van der Waals surface area contributed by atoms with Gasteiger partial charge in [0.25, 0.3) is 0 Å². The van der Waals surface area contributed by atoms with E-state index in [4.69, 9.17) is 9.47 Å². The number of nitrogens with one attached hydrogen (secondary N) is 1. The number of ether oxygens (including phenoxy) is 2. The standard InChI is InChI=1S/C16H25NO3/c1-5-11-20-14-9-7-13(8-10-14)15(16(18)19-4)17-12(3)6-2/h7-10,12,15,17H,5-6,11H2,1-4H3. The summed E-state index contributed by atoms with van der Waals surface area (Å²) >= 11 is 0. The first kappa shape index (κ1) is 16.5. The minimum Gasteiger partial charge on any atom is -0.494 e. The van der Waals surface area contributed by atoms with Gasteiger partial charge in [-0.1, -0.05) is 26.0 Å². The first-order valence-corrected chi connectivity index (χ1v) is 7.19. The minimum atomic E-state index is -0.435. The van der Waals surface area contributed by atoms with Gasteiger partial charge in [0.05, 0.1) is 13.7 Å². The van der Waals surface area contributed by atoms with Crippen molar-refractivity contribution in [1.29, 1.82) is 0 Å². The van der Waals surface area contributed by atoms with Gasteiger partial charge >= 0.3 is 5.97 Å². The maximum absolute atomic E-state index is 11.9. The predicted octanol–water partition coefficient (Wildman–Crippen LogP) is 3.08. The molecule has 1 N–H and O–H groups in total. The van der Waals surface area contributed by atoms with Crippen LogP contribution in [0.2, 0.25) is 0 Å². The zero-order valence-electron chi connectivity index (χ0n) is 12.8. The van der Waals surface area contributed by atoms with Crippen LogP contribution in [0.25, 0.3) is 0 Å². The van der Waals surface area contributed by atoms with Crippen LogP contribution in [0.1, 0.15) is 45.2 Å². The lowest BCUT2D eigenvalue weighted by atomic mass is 10.1. The zero-order valence-corrected chi connectivity index (χ0v) is 12.8. The van der Waals surface area contributed by atoms with E-state index in [1.54, 1.807) is 0 Å². The predicted molar refractivity (Wildman–Crippen MR) is 79.9 cm³/mol. The lowest BCUT2D eigenvalue weighted by molar-refractivity contribution is -0.143. The monoisotopic (exact) mass is 279 g/mol. The smallest absolute Gasteiger partial charge is 0.327 e. The highest BCUT2D eigenvalue weighted by Gasteiger charge is 2.22. The third kappa shape index (κ3) is 4.85. The summed E-state index contributed by atoms with van der Waals surface area (Å²) in [6.45, 7) is 6.89. The molecule has 0 saturated carbocycles. The summed E-state index contributed by atoms with van der Waals surface area (Å²) in [5.74, 6) is 0.551. The molecule has 0 amide bonds. The fourth-order valence-electron chi connectivity index (χ4n) is 1.80. The maximum atomic E-state index is 11.9. The molecule has 0 saturated heterocycles. The highest BCUT2D eigenvalue weighted by molar-refractivity contribution is 5.77. The van der Waals surface area contributed by atoms with Crippen LogP contribution in [0.15, 0.2) is 24.3 Å². The van der Waals surface area contributed by atoms with E-state index in [2.05, 4.69) is 26.1 Å². The Balaban J connectivity index is 2.82. The number of carbonyl (C=O) groups is 1. The molecule has 0 aliphatic heterocycles. The van der Waals surface area contributed by atoms with Crippen molar-refractivity contribution in [3.05, 3.63) is 29.8 Å². The molecule has 1 rings (SSSR count). The Morgan fingerprint density at radius 2 is 1.90 bits per heavy atom. The van der Waals surface area contributed by atoms with Gasteiger partial charge < -0.3 is 9.47 Å². The Bertz CT molecular complexity index is 403. The van der Waals surface area contributed by atoms with Gasteiger partial charge in [0, 0.05) is 6.04 Å². The second-order valence-corrected chi connectivity index (χ2v) is 4.85. The summed E-state index contributed by atoms with van der Waals surface area (Å²) < 4.78 is 10.4. The van der Waals surface area contributed by atoms with E-state index >= 15 is 0 Å². The number of methoxy groups -OCH3 is 1. The van der Waals surface area contributed by atoms with E-state index < -0.39 is 6.04 Å². The van der Waals surface area contributed by atoms with Gasteiger partial charge in [0.2, 0.25) is 0 Å². The molecule has 0 radical (unpaired) electrons. The Kier molecular flexibility index (Phi) is 7.09. The van der Waals surface area contributed by atoms with Crippen LogP contribution in [-0.2, 0) is 9.53 Å². The molecule has 0 fully saturated rings. The number of esters is 1. The second-order valence-electron chi connectivity index (χ2n) is 4.85. The molecule has 1 aromatic carbocycles. The first-order chi connectivity index (χ1) is 9.62. The molecule has 0 aliphatic rings. The molecule has 0 heterocycles. The number of carbonyl (C=O) groups excluding carboxylic acids is 1. The number of hydrogen-bond donors (Lipinski definition) is 1. The number of benzene rings is 1. The lowest BCUT2D eigenvalue weighted by Crippen LogP contribution is -2.35. The molecule has 20 heavy (non-hydrogen) atoms. The third-order valence-corrected chi connectivity index (χ3v) is 3.19. The van der Waals surface area contributed by atoms with Crippen molar-refractivity contribution in [2.45, 2.75) is 45.7 Å². The maximum Gasteiger partial charge on any atom is 0.327 e. The van der Waals surface area contributed by atoms with Crippen molar-refractivity contribution in [3.63, 3.8) is 0 Å². The van der Waals surface area contributed by atoms with Crippen molar-refractivity contribution in [2.24, 2.45) is 0 Å². The normalized spacial score (nSPS) is 13.6. The van der Waals surface area contributed by atoms with Crippen molar-refractivity contribution in [3.8, 4) is 5.75 Å². The Hall–Kier alpha value is -1.55. The zero-order chi connectivity index (χ0) is 15.0. The van der Waals surface area contributed by atoms with Crippen LogP contribution in [0.3, 0.4) is 0 Å². The van der Waals surface area contributed by atoms with Gasteiger partial charge in [-0.2, -0.15) is 0 Å². The molecule has 2 atom stereocenters. The third-order valence-electron chi connectivity index (χ3n) is 3.19. The molecule has 1 aromatic rings. The van der Waals surface area contributed by atoms with Crippen LogP contribution in [0.5, 0.6) is 5.75 Å². The van der Waals surface area contributed by atoms with Crippen LogP contribution in [0.4, 0.5) is 0 Å². The van der Waals surface area contributed by atoms with E-state index in [9.17, 15) is 4.79 Å². The summed E-state index contributed by atoms with van der Waals surface area (Å²) in [6.07, 6.45) is 1.92. The number of hydrogen-bond acceptors (Lipinski definition) is 4. The van der Waals surface area contributed by atoms with Gasteiger partial charge in [0.1, 0.15) is 11.8 Å². The second kappa shape index (κ2) is 8.59. The molecular weight excluding hydrogens is 254 g/mol. The minimum absolute atomic E-state index is 0.245. The van der Waals surface area contributed by atoms with Crippen LogP contribution in [-0.4, -0.2) is 25.7 Å². The summed E-state index contributed by atoms with van der Waals surface area (Å²) in [5.41, 5.74) is 0.890. The number of rotatable bonds is 8. The van der Waals surface area contributed by atoms with E-state index in [1.165, 1.54) is 7.11 Å². The Morgan fingerprint density at radius 3 is 2.40 bits per heavy atom. The average molecular weight is 279 g/mol. The molecule has 0 aliphatic carbocycles. The fraction of sp³-hybridized carbons (Fsp3) is 0.562. The molecule has 2 unspecified atom stereocenters. The highest BCUT2D eigenvalue weighted by atomic mass is 16.5. The van der Waals surface area contributed by atoms with E-state index in [0.29, 0.717) is 6.61 Å². The lowest BCUT2D eigenvalue weighted by Gasteiger charge is -2.21. The SMILES string of the molecule is CCCOc1ccc(C(NC(C)CC)C(=O)OC)cc1. The molecular formula is C16H25NO3.